The largest absolute Gasteiger partial charge is 0.456 e. The van der Waals surface area contributed by atoms with Crippen molar-refractivity contribution in [2.75, 3.05) is 0 Å². The van der Waals surface area contributed by atoms with Gasteiger partial charge in [-0.25, -0.2) is 4.57 Å². The molecule has 22 heteroatoms. The van der Waals surface area contributed by atoms with Crippen LogP contribution in [-0.2, 0) is 40.5 Å². The van der Waals surface area contributed by atoms with Gasteiger partial charge in [-0.05, 0) is 125 Å². The summed E-state index contributed by atoms with van der Waals surface area (Å²) < 4.78 is 157. The molecular formula is C60H46N2O16S4. The van der Waals surface area contributed by atoms with Gasteiger partial charge in [0.2, 0.25) is 0 Å². The van der Waals surface area contributed by atoms with Crippen molar-refractivity contribution >= 4 is 83.8 Å². The molecule has 416 valence electrons. The summed E-state index contributed by atoms with van der Waals surface area (Å²) in [5.41, 5.74) is 1.82. The van der Waals surface area contributed by atoms with Crippen LogP contribution in [0.25, 0.3) is 77.0 Å². The smallest absolute Gasteiger partial charge is 0.294 e. The zero-order valence-electron chi connectivity index (χ0n) is 43.5. The summed E-state index contributed by atoms with van der Waals surface area (Å²) in [6.07, 6.45) is 0. The highest BCUT2D eigenvalue weighted by molar-refractivity contribution is 7.86. The van der Waals surface area contributed by atoms with Crippen LogP contribution in [0.15, 0.2) is 199 Å². The summed E-state index contributed by atoms with van der Waals surface area (Å²) >= 11 is 0. The maximum atomic E-state index is 15.9. The van der Waals surface area contributed by atoms with Gasteiger partial charge in [-0.15, -0.1) is 0 Å². The molecule has 0 aliphatic carbocycles. The van der Waals surface area contributed by atoms with Crippen LogP contribution in [0.5, 0.6) is 23.0 Å². The molecule has 18 nitrogen and oxygen atoms in total. The molecule has 0 spiro atoms. The molecule has 0 saturated heterocycles. The molecule has 0 aliphatic rings. The van der Waals surface area contributed by atoms with Gasteiger partial charge in [-0.1, -0.05) is 107 Å². The van der Waals surface area contributed by atoms with Crippen molar-refractivity contribution in [3.05, 3.63) is 202 Å². The Morgan fingerprint density at radius 3 is 1.28 bits per heavy atom. The number of benzene rings is 9. The number of pyridine rings is 2. The third-order valence-electron chi connectivity index (χ3n) is 14.3. The first-order valence-electron chi connectivity index (χ1n) is 25.1. The molecule has 0 aliphatic heterocycles. The van der Waals surface area contributed by atoms with E-state index in [9.17, 15) is 51.9 Å². The van der Waals surface area contributed by atoms with E-state index in [0.717, 1.165) is 53.1 Å². The first-order valence-corrected chi connectivity index (χ1v) is 30.8. The van der Waals surface area contributed by atoms with Crippen molar-refractivity contribution in [2.24, 2.45) is 0 Å². The van der Waals surface area contributed by atoms with Gasteiger partial charge in [0.05, 0.1) is 47.1 Å². The van der Waals surface area contributed by atoms with E-state index in [4.69, 9.17) is 9.47 Å². The molecule has 11 rings (SSSR count). The summed E-state index contributed by atoms with van der Waals surface area (Å²) in [4.78, 5) is 29.8. The van der Waals surface area contributed by atoms with Crippen LogP contribution in [0.3, 0.4) is 0 Å². The summed E-state index contributed by atoms with van der Waals surface area (Å²) in [5, 5.41) is 1.13. The molecule has 2 heterocycles. The Labute approximate surface area is 469 Å². The van der Waals surface area contributed by atoms with Gasteiger partial charge in [-0.3, -0.25) is 27.8 Å². The third-order valence-corrected chi connectivity index (χ3v) is 17.7. The number of hydrogen-bond donors (Lipinski definition) is 4. The summed E-state index contributed by atoms with van der Waals surface area (Å²) in [6.45, 7) is 7.71. The second kappa shape index (κ2) is 20.1. The molecule has 11 aromatic rings. The van der Waals surface area contributed by atoms with Gasteiger partial charge in [0.25, 0.3) is 51.6 Å². The fourth-order valence-corrected chi connectivity index (χ4v) is 12.5. The standard InChI is InChI=1S/C60H46N2O16S4/c1-33(2)42-14-10-15-43(34(3)4)57(42)62-59(63)47-31-52(77-50-27-25-40(81(71,72)73)29-45(50)35-17-21-38(22-18-35)79(65,66)67)55-44-13-8-9-16-49(44)61(37-11-6-5-7-12-37)58-53(32-48(60(62)64)54(47)56(55)58)78-51-28-26-41(82(74,75)76)30-46(51)36-19-23-39(24-20-36)80(68,69)70/h5-34H,1-4H3,(H,65,66,67)(H,68,69,70)(H,71,72,73)(H,74,75,76). The average molecular weight is 1180 g/mol. The first kappa shape index (κ1) is 55.3. The van der Waals surface area contributed by atoms with E-state index in [2.05, 4.69) is 0 Å². The van der Waals surface area contributed by atoms with Gasteiger partial charge >= 0.3 is 0 Å². The zero-order valence-corrected chi connectivity index (χ0v) is 46.8. The van der Waals surface area contributed by atoms with E-state index >= 15 is 9.59 Å². The summed E-state index contributed by atoms with van der Waals surface area (Å²) in [7, 11) is -19.1. The third kappa shape index (κ3) is 9.77. The number of nitrogens with zero attached hydrogens (tertiary/aromatic N) is 2. The molecule has 0 saturated carbocycles. The second-order valence-corrected chi connectivity index (χ2v) is 25.7. The Kier molecular flexibility index (Phi) is 13.6. The zero-order chi connectivity index (χ0) is 58.5. The van der Waals surface area contributed by atoms with Crippen molar-refractivity contribution in [2.45, 2.75) is 59.1 Å². The lowest BCUT2D eigenvalue weighted by Crippen LogP contribution is -2.34. The van der Waals surface area contributed by atoms with Crippen LogP contribution >= 0.6 is 0 Å². The number of para-hydroxylation sites is 3. The summed E-state index contributed by atoms with van der Waals surface area (Å²) in [5.74, 6) is -0.663. The molecule has 4 N–H and O–H groups in total. The highest BCUT2D eigenvalue weighted by atomic mass is 32.2. The van der Waals surface area contributed by atoms with Crippen molar-refractivity contribution in [3.8, 4) is 56.6 Å². The normalized spacial score (nSPS) is 12.6. The van der Waals surface area contributed by atoms with E-state index in [1.165, 1.54) is 48.5 Å². The predicted octanol–water partition coefficient (Wildman–Crippen LogP) is 12.2. The second-order valence-electron chi connectivity index (χ2n) is 20.0. The average Bonchev–Trinajstić information content (AvgIpc) is 0.853. The SMILES string of the molecule is CC(C)c1cccc(C(C)C)c1-n1c(=O)c2cc(Oc3ccc(S(=O)(=O)O)cc3-c3ccc(S(=O)(=O)O)cc3)c3c4ccccc4n(-c4ccccc4)c4c(Oc5ccc(S(=O)(=O)O)cc5-c5ccc(S(=O)(=O)O)cc5)cc(c1=O)c2c34. The van der Waals surface area contributed by atoms with E-state index < -0.39 is 71.2 Å². The van der Waals surface area contributed by atoms with Crippen molar-refractivity contribution in [3.63, 3.8) is 0 Å². The number of aromatic nitrogens is 2. The molecular weight excluding hydrogens is 1130 g/mol. The Morgan fingerprint density at radius 2 is 0.817 bits per heavy atom. The molecule has 0 fully saturated rings. The van der Waals surface area contributed by atoms with Gasteiger partial charge in [0, 0.05) is 38.4 Å². The van der Waals surface area contributed by atoms with Crippen LogP contribution in [0, 0.1) is 0 Å². The van der Waals surface area contributed by atoms with Gasteiger partial charge in [-0.2, -0.15) is 33.7 Å². The van der Waals surface area contributed by atoms with E-state index in [0.29, 0.717) is 33.4 Å². The molecule has 0 bridgehead atoms. The Hall–Kier alpha value is -8.58. The van der Waals surface area contributed by atoms with Crippen molar-refractivity contribution in [1.29, 1.82) is 0 Å². The molecule has 9 aromatic carbocycles. The number of rotatable bonds is 14. The quantitative estimate of drug-likeness (QED) is 0.0447. The Balaban J connectivity index is 1.33. The molecule has 0 atom stereocenters. The lowest BCUT2D eigenvalue weighted by molar-refractivity contribution is 0.478. The number of ether oxygens (including phenoxy) is 2. The molecule has 0 unspecified atom stereocenters. The van der Waals surface area contributed by atoms with Crippen LogP contribution in [0.2, 0.25) is 0 Å². The maximum Gasteiger partial charge on any atom is 0.294 e. The van der Waals surface area contributed by atoms with Gasteiger partial charge in [0.15, 0.2) is 5.75 Å². The number of fused-ring (bicyclic) bond motifs is 2. The minimum absolute atomic E-state index is 0.000483. The monoisotopic (exact) mass is 1180 g/mol. The van der Waals surface area contributed by atoms with Crippen molar-refractivity contribution < 1.29 is 61.4 Å². The highest BCUT2D eigenvalue weighted by Crippen LogP contribution is 2.50. The van der Waals surface area contributed by atoms with Crippen LogP contribution < -0.4 is 20.6 Å². The first-order chi connectivity index (χ1) is 38.7. The predicted molar refractivity (Wildman–Crippen MR) is 310 cm³/mol. The van der Waals surface area contributed by atoms with E-state index in [1.807, 2.05) is 62.6 Å². The minimum Gasteiger partial charge on any atom is -0.456 e. The molecule has 82 heavy (non-hydrogen) atoms. The fraction of sp³-hybridized carbons (Fsp3) is 0.100. The summed E-state index contributed by atoms with van der Waals surface area (Å²) in [6, 6.07) is 41.0. The van der Waals surface area contributed by atoms with Crippen molar-refractivity contribution in [1.82, 2.24) is 9.13 Å². The lowest BCUT2D eigenvalue weighted by Gasteiger charge is -2.26. The molecule has 2 aromatic heterocycles. The molecule has 0 amide bonds. The van der Waals surface area contributed by atoms with Crippen LogP contribution in [-0.4, -0.2) is 61.0 Å². The van der Waals surface area contributed by atoms with Crippen LogP contribution in [0.1, 0.15) is 50.7 Å². The molecule has 0 radical (unpaired) electrons. The Morgan fingerprint density at radius 1 is 0.390 bits per heavy atom. The number of hydrogen-bond acceptors (Lipinski definition) is 12. The lowest BCUT2D eigenvalue weighted by atomic mass is 9.91. The Bertz CT molecular complexity index is 5000. The fourth-order valence-electron chi connectivity index (χ4n) is 10.5. The minimum atomic E-state index is -4.88. The maximum absolute atomic E-state index is 15.9. The van der Waals surface area contributed by atoms with Gasteiger partial charge in [0.1, 0.15) is 17.2 Å². The van der Waals surface area contributed by atoms with Crippen LogP contribution in [0.4, 0.5) is 0 Å². The topological polar surface area (TPSA) is 280 Å². The highest BCUT2D eigenvalue weighted by Gasteiger charge is 2.31. The van der Waals surface area contributed by atoms with E-state index in [-0.39, 0.29) is 89.5 Å². The van der Waals surface area contributed by atoms with E-state index in [1.54, 1.807) is 42.5 Å². The van der Waals surface area contributed by atoms with Gasteiger partial charge < -0.3 is 14.0 Å².